The third-order valence-corrected chi connectivity index (χ3v) is 6.52. The van der Waals surface area contributed by atoms with E-state index in [0.717, 1.165) is 0 Å². The molecule has 0 aromatic heterocycles. The molecule has 0 amide bonds. The lowest BCUT2D eigenvalue weighted by molar-refractivity contribution is -0.362. The molecule has 0 unspecified atom stereocenters. The zero-order chi connectivity index (χ0) is 27.4. The highest BCUT2D eigenvalue weighted by molar-refractivity contribution is 4.94. The van der Waals surface area contributed by atoms with Gasteiger partial charge in [-0.2, -0.15) is 0 Å². The quantitative estimate of drug-likeness (QED) is 0.114. The van der Waals surface area contributed by atoms with Crippen LogP contribution in [0, 0.1) is 0 Å². The van der Waals surface area contributed by atoms with Crippen LogP contribution in [-0.4, -0.2) is 170 Å². The van der Waals surface area contributed by atoms with E-state index < -0.39 is 105 Å². The Balaban J connectivity index is 1.65. The normalized spacial score (nSPS) is 49.2. The molecule has 3 aliphatic rings. The van der Waals surface area contributed by atoms with Crippen LogP contribution in [0.25, 0.3) is 0 Å². The Labute approximate surface area is 212 Å². The Morgan fingerprint density at radius 2 is 1.16 bits per heavy atom. The average Bonchev–Trinajstić information content (AvgIpc) is 2.88. The zero-order valence-corrected chi connectivity index (χ0v) is 20.1. The zero-order valence-electron chi connectivity index (χ0n) is 20.1. The Hall–Kier alpha value is -0.640. The van der Waals surface area contributed by atoms with Crippen molar-refractivity contribution in [2.24, 2.45) is 0 Å². The van der Waals surface area contributed by atoms with Crippen LogP contribution in [0.5, 0.6) is 0 Å². The molecule has 3 aliphatic heterocycles. The van der Waals surface area contributed by atoms with Gasteiger partial charge in [-0.25, -0.2) is 0 Å². The van der Waals surface area contributed by atoms with Crippen LogP contribution in [0.1, 0.15) is 13.3 Å². The van der Waals surface area contributed by atoms with Crippen LogP contribution in [-0.2, 0) is 28.4 Å². The van der Waals surface area contributed by atoms with Gasteiger partial charge in [0.05, 0.1) is 19.8 Å². The first kappa shape index (κ1) is 30.9. The summed E-state index contributed by atoms with van der Waals surface area (Å²) in [6.07, 6.45) is -23.5. The molecule has 3 fully saturated rings. The highest BCUT2D eigenvalue weighted by Crippen LogP contribution is 2.30. The van der Waals surface area contributed by atoms with Gasteiger partial charge in [0.2, 0.25) is 0 Å². The van der Waals surface area contributed by atoms with E-state index >= 15 is 0 Å². The number of hydrogen-bond donors (Lipinski definition) is 10. The predicted molar refractivity (Wildman–Crippen MR) is 115 cm³/mol. The summed E-state index contributed by atoms with van der Waals surface area (Å²) < 4.78 is 32.1. The summed E-state index contributed by atoms with van der Waals surface area (Å²) in [5.41, 5.74) is 0. The van der Waals surface area contributed by atoms with Crippen molar-refractivity contribution in [3.63, 3.8) is 0 Å². The lowest BCUT2D eigenvalue weighted by Crippen LogP contribution is -2.65. The number of hydrogen-bond acceptors (Lipinski definition) is 16. The van der Waals surface area contributed by atoms with Crippen LogP contribution in [0.3, 0.4) is 0 Å². The lowest BCUT2D eigenvalue weighted by atomic mass is 9.97. The number of ether oxygens (including phenoxy) is 6. The van der Waals surface area contributed by atoms with E-state index in [9.17, 15) is 51.1 Å². The molecule has 3 rings (SSSR count). The van der Waals surface area contributed by atoms with Gasteiger partial charge in [0, 0.05) is 6.61 Å². The van der Waals surface area contributed by atoms with Gasteiger partial charge in [0.15, 0.2) is 18.9 Å². The molecular weight excluding hydrogens is 508 g/mol. The van der Waals surface area contributed by atoms with E-state index in [2.05, 4.69) is 0 Å². The van der Waals surface area contributed by atoms with E-state index in [1.54, 1.807) is 0 Å². The molecule has 218 valence electrons. The molecule has 0 spiro atoms. The maximum atomic E-state index is 10.8. The third-order valence-electron chi connectivity index (χ3n) is 6.52. The van der Waals surface area contributed by atoms with Crippen LogP contribution in [0.15, 0.2) is 0 Å². The molecule has 16 heteroatoms. The van der Waals surface area contributed by atoms with E-state index in [1.807, 2.05) is 6.92 Å². The van der Waals surface area contributed by atoms with Crippen LogP contribution >= 0.6 is 0 Å². The van der Waals surface area contributed by atoms with E-state index in [-0.39, 0.29) is 6.61 Å². The molecule has 10 N–H and O–H groups in total. The summed E-state index contributed by atoms with van der Waals surface area (Å²) in [7, 11) is 0. The van der Waals surface area contributed by atoms with Gasteiger partial charge in [-0.15, -0.1) is 0 Å². The van der Waals surface area contributed by atoms with Crippen molar-refractivity contribution in [3.8, 4) is 0 Å². The van der Waals surface area contributed by atoms with Crippen LogP contribution < -0.4 is 0 Å². The van der Waals surface area contributed by atoms with Crippen molar-refractivity contribution in [1.82, 2.24) is 0 Å². The number of rotatable bonds is 10. The van der Waals surface area contributed by atoms with Gasteiger partial charge in [0.1, 0.15) is 73.2 Å². The molecule has 16 nitrogen and oxygen atoms in total. The van der Waals surface area contributed by atoms with Crippen molar-refractivity contribution in [2.45, 2.75) is 105 Å². The minimum Gasteiger partial charge on any atom is -0.394 e. The van der Waals surface area contributed by atoms with Crippen LogP contribution in [0.4, 0.5) is 0 Å². The summed E-state index contributed by atoms with van der Waals surface area (Å²) in [6.45, 7) is 0.783. The standard InChI is InChI=1S/C21H38O16/c1-2-3-32-5-8-11(24)14(27)16(29)21(36-8)37-18-12(25)9(34-19(31)17(18)30)6-33-20-15(28)13(26)10(23)7(4-22)35-20/h7-31H,2-6H2,1H3/t7-,8-,9-,10-,11-,12-,13+,14+,15+,16+,17+,18+,19-,20+,21-/m1/s1. The molecule has 0 aromatic rings. The van der Waals surface area contributed by atoms with Crippen molar-refractivity contribution in [3.05, 3.63) is 0 Å². The fourth-order valence-corrected chi connectivity index (χ4v) is 4.27. The highest BCUT2D eigenvalue weighted by Gasteiger charge is 2.51. The van der Waals surface area contributed by atoms with Gasteiger partial charge in [-0.05, 0) is 6.42 Å². The maximum absolute atomic E-state index is 10.8. The predicted octanol–water partition coefficient (Wildman–Crippen LogP) is -6.14. The first-order valence-electron chi connectivity index (χ1n) is 12.1. The second-order valence-corrected chi connectivity index (χ2v) is 9.27. The average molecular weight is 547 g/mol. The molecule has 0 aromatic carbocycles. The monoisotopic (exact) mass is 546 g/mol. The summed E-state index contributed by atoms with van der Waals surface area (Å²) in [5.74, 6) is 0. The first-order valence-corrected chi connectivity index (χ1v) is 12.1. The van der Waals surface area contributed by atoms with Crippen molar-refractivity contribution in [2.75, 3.05) is 26.4 Å². The van der Waals surface area contributed by atoms with Crippen molar-refractivity contribution >= 4 is 0 Å². The molecule has 3 heterocycles. The molecular formula is C21H38O16. The minimum atomic E-state index is -1.91. The molecule has 37 heavy (non-hydrogen) atoms. The van der Waals surface area contributed by atoms with E-state index in [0.29, 0.717) is 13.0 Å². The molecule has 0 aliphatic carbocycles. The lowest BCUT2D eigenvalue weighted by Gasteiger charge is -2.46. The molecule has 0 radical (unpaired) electrons. The van der Waals surface area contributed by atoms with Gasteiger partial charge in [0.25, 0.3) is 0 Å². The summed E-state index contributed by atoms with van der Waals surface area (Å²) in [5, 5.41) is 101. The van der Waals surface area contributed by atoms with Crippen molar-refractivity contribution < 1.29 is 79.5 Å². The van der Waals surface area contributed by atoms with E-state index in [4.69, 9.17) is 28.4 Å². The van der Waals surface area contributed by atoms with Gasteiger partial charge >= 0.3 is 0 Å². The third kappa shape index (κ3) is 6.93. The largest absolute Gasteiger partial charge is 0.394 e. The van der Waals surface area contributed by atoms with Crippen molar-refractivity contribution in [1.29, 1.82) is 0 Å². The summed E-state index contributed by atoms with van der Waals surface area (Å²) in [6, 6.07) is 0. The Morgan fingerprint density at radius 1 is 0.595 bits per heavy atom. The molecule has 3 saturated heterocycles. The van der Waals surface area contributed by atoms with Gasteiger partial charge < -0.3 is 79.5 Å². The summed E-state index contributed by atoms with van der Waals surface area (Å²) in [4.78, 5) is 0. The molecule has 0 saturated carbocycles. The highest BCUT2D eigenvalue weighted by atomic mass is 16.7. The Kier molecular flexibility index (Phi) is 11.4. The Bertz CT molecular complexity index is 685. The van der Waals surface area contributed by atoms with Gasteiger partial charge in [-0.1, -0.05) is 6.92 Å². The number of aliphatic hydroxyl groups excluding tert-OH is 10. The molecule has 15 atom stereocenters. The second-order valence-electron chi connectivity index (χ2n) is 9.27. The van der Waals surface area contributed by atoms with Gasteiger partial charge in [-0.3, -0.25) is 0 Å². The SMILES string of the molecule is CCCOC[C@H]1O[C@H](O[C@@H]2[C@H](O)[C@H](O)O[C@H](CO[C@H]3O[C@H](CO)[C@@H](O)[C@H](O)[C@@H]3O)[C@H]2O)[C@@H](O)[C@@H](O)[C@@H]1O. The first-order chi connectivity index (χ1) is 17.5. The molecule has 0 bridgehead atoms. The van der Waals surface area contributed by atoms with E-state index in [1.165, 1.54) is 0 Å². The topological polar surface area (TPSA) is 258 Å². The minimum absolute atomic E-state index is 0.143. The number of aliphatic hydroxyl groups is 10. The Morgan fingerprint density at radius 3 is 1.78 bits per heavy atom. The summed E-state index contributed by atoms with van der Waals surface area (Å²) >= 11 is 0. The van der Waals surface area contributed by atoms with Crippen LogP contribution in [0.2, 0.25) is 0 Å². The maximum Gasteiger partial charge on any atom is 0.187 e. The second kappa shape index (κ2) is 13.6. The smallest absolute Gasteiger partial charge is 0.187 e. The fraction of sp³-hybridized carbons (Fsp3) is 1.00. The fourth-order valence-electron chi connectivity index (χ4n) is 4.27.